The summed E-state index contributed by atoms with van der Waals surface area (Å²) in [6.07, 6.45) is 4.41. The van der Waals surface area contributed by atoms with Crippen molar-refractivity contribution in [3.8, 4) is 5.75 Å². The largest absolute Gasteiger partial charge is 0.496 e. The van der Waals surface area contributed by atoms with E-state index in [0.29, 0.717) is 0 Å². The van der Waals surface area contributed by atoms with Crippen LogP contribution in [0, 0.1) is 0 Å². The van der Waals surface area contributed by atoms with E-state index in [0.717, 1.165) is 44.2 Å². The summed E-state index contributed by atoms with van der Waals surface area (Å²) in [4.78, 5) is 7.17. The molecular weight excluding hydrogens is 324 g/mol. The molecule has 140 valence electrons. The molecule has 5 heteroatoms. The molecule has 0 saturated heterocycles. The van der Waals surface area contributed by atoms with Crippen LogP contribution in [0.4, 0.5) is 0 Å². The Balaban J connectivity index is 1.76. The second-order valence-electron chi connectivity index (χ2n) is 7.12. The fraction of sp³-hybridized carbons (Fsp3) is 0.476. The minimum absolute atomic E-state index is 0.124. The van der Waals surface area contributed by atoms with Gasteiger partial charge in [-0.1, -0.05) is 18.2 Å². The zero-order chi connectivity index (χ0) is 18.6. The summed E-state index contributed by atoms with van der Waals surface area (Å²) in [6.45, 7) is 4.58. The average Bonchev–Trinajstić information content (AvgIpc) is 3.35. The van der Waals surface area contributed by atoms with Crippen LogP contribution in [-0.4, -0.2) is 42.7 Å². The predicted octanol–water partition coefficient (Wildman–Crippen LogP) is 3.16. The monoisotopic (exact) mass is 354 g/mol. The Morgan fingerprint density at radius 1 is 1.27 bits per heavy atom. The number of nitrogens with one attached hydrogen (secondary N) is 1. The van der Waals surface area contributed by atoms with Gasteiger partial charge in [0.1, 0.15) is 5.75 Å². The van der Waals surface area contributed by atoms with Crippen LogP contribution in [0.1, 0.15) is 31.0 Å². The molecule has 1 fully saturated rings. The van der Waals surface area contributed by atoms with Gasteiger partial charge in [0.2, 0.25) is 0 Å². The number of aliphatic imine (C=N–C) groups is 1. The van der Waals surface area contributed by atoms with E-state index in [-0.39, 0.29) is 5.41 Å². The second kappa shape index (κ2) is 7.85. The van der Waals surface area contributed by atoms with E-state index in [1.807, 2.05) is 12.1 Å². The molecule has 0 spiro atoms. The van der Waals surface area contributed by atoms with Crippen molar-refractivity contribution >= 4 is 5.96 Å². The first-order chi connectivity index (χ1) is 12.6. The standard InChI is InChI=1S/C21H30N4O/c1-5-22-20(25(3)15-17-9-8-14-24(17)2)23-16-21(12-13-21)18-10-6-7-11-19(18)26-4/h6-11,14H,5,12-13,15-16H2,1-4H3,(H,22,23). The van der Waals surface area contributed by atoms with Gasteiger partial charge in [0.25, 0.3) is 0 Å². The molecule has 3 rings (SSSR count). The lowest BCUT2D eigenvalue weighted by Gasteiger charge is -2.24. The van der Waals surface area contributed by atoms with Crippen LogP contribution in [0.15, 0.2) is 47.6 Å². The van der Waals surface area contributed by atoms with Gasteiger partial charge in [-0.3, -0.25) is 4.99 Å². The minimum Gasteiger partial charge on any atom is -0.496 e. The molecule has 1 aliphatic rings. The summed E-state index contributed by atoms with van der Waals surface area (Å²) < 4.78 is 7.73. The third-order valence-corrected chi connectivity index (χ3v) is 5.21. The molecule has 1 aliphatic carbocycles. The van der Waals surface area contributed by atoms with Crippen molar-refractivity contribution in [2.45, 2.75) is 31.7 Å². The molecule has 0 radical (unpaired) electrons. The fourth-order valence-electron chi connectivity index (χ4n) is 3.42. The van der Waals surface area contributed by atoms with Crippen LogP contribution >= 0.6 is 0 Å². The molecule has 1 heterocycles. The third-order valence-electron chi connectivity index (χ3n) is 5.21. The quantitative estimate of drug-likeness (QED) is 0.613. The van der Waals surface area contributed by atoms with Crippen molar-refractivity contribution in [3.63, 3.8) is 0 Å². The van der Waals surface area contributed by atoms with Gasteiger partial charge >= 0.3 is 0 Å². The number of aromatic nitrogens is 1. The number of rotatable bonds is 7. The van der Waals surface area contributed by atoms with E-state index in [2.05, 4.69) is 66.3 Å². The Morgan fingerprint density at radius 3 is 2.65 bits per heavy atom. The lowest BCUT2D eigenvalue weighted by molar-refractivity contribution is 0.404. The summed E-state index contributed by atoms with van der Waals surface area (Å²) in [5.41, 5.74) is 2.68. The molecule has 5 nitrogen and oxygen atoms in total. The zero-order valence-corrected chi connectivity index (χ0v) is 16.3. The van der Waals surface area contributed by atoms with Gasteiger partial charge in [0.15, 0.2) is 5.96 Å². The number of guanidine groups is 1. The Labute approximate surface area is 156 Å². The summed E-state index contributed by atoms with van der Waals surface area (Å²) >= 11 is 0. The maximum absolute atomic E-state index is 5.58. The molecule has 0 aliphatic heterocycles. The number of para-hydroxylation sites is 1. The number of benzene rings is 1. The van der Waals surface area contributed by atoms with Crippen LogP contribution in [0.5, 0.6) is 5.75 Å². The summed E-state index contributed by atoms with van der Waals surface area (Å²) in [7, 11) is 5.92. The molecule has 2 aromatic rings. The average molecular weight is 354 g/mol. The molecule has 26 heavy (non-hydrogen) atoms. The number of methoxy groups -OCH3 is 1. The molecule has 1 saturated carbocycles. The van der Waals surface area contributed by atoms with E-state index in [1.165, 1.54) is 11.3 Å². The van der Waals surface area contributed by atoms with Crippen molar-refractivity contribution in [1.29, 1.82) is 0 Å². The third kappa shape index (κ3) is 3.87. The van der Waals surface area contributed by atoms with Crippen molar-refractivity contribution in [1.82, 2.24) is 14.8 Å². The van der Waals surface area contributed by atoms with Gasteiger partial charge in [0.05, 0.1) is 20.2 Å². The highest BCUT2D eigenvalue weighted by Crippen LogP contribution is 2.51. The van der Waals surface area contributed by atoms with Gasteiger partial charge in [-0.2, -0.15) is 0 Å². The number of aryl methyl sites for hydroxylation is 1. The highest BCUT2D eigenvalue weighted by atomic mass is 16.5. The normalized spacial score (nSPS) is 15.6. The van der Waals surface area contributed by atoms with Crippen LogP contribution in [0.3, 0.4) is 0 Å². The molecule has 1 aromatic carbocycles. The molecule has 0 unspecified atom stereocenters. The van der Waals surface area contributed by atoms with E-state index in [9.17, 15) is 0 Å². The van der Waals surface area contributed by atoms with Gasteiger partial charge in [0, 0.05) is 43.5 Å². The summed E-state index contributed by atoms with van der Waals surface area (Å²) in [6, 6.07) is 12.6. The van der Waals surface area contributed by atoms with E-state index < -0.39 is 0 Å². The molecule has 1 aromatic heterocycles. The van der Waals surface area contributed by atoms with Gasteiger partial charge < -0.3 is 19.5 Å². The second-order valence-corrected chi connectivity index (χ2v) is 7.12. The zero-order valence-electron chi connectivity index (χ0n) is 16.3. The van der Waals surface area contributed by atoms with Crippen LogP contribution in [0.2, 0.25) is 0 Å². The lowest BCUT2D eigenvalue weighted by Crippen LogP contribution is -2.39. The Bertz CT molecular complexity index is 761. The smallest absolute Gasteiger partial charge is 0.194 e. The SMILES string of the molecule is CCNC(=NCC1(c2ccccc2OC)CC1)N(C)Cc1cccn1C. The highest BCUT2D eigenvalue weighted by molar-refractivity contribution is 5.79. The van der Waals surface area contributed by atoms with Crippen LogP contribution in [0.25, 0.3) is 0 Å². The summed E-state index contributed by atoms with van der Waals surface area (Å²) in [5, 5.41) is 3.43. The van der Waals surface area contributed by atoms with Crippen molar-refractivity contribution in [2.24, 2.45) is 12.0 Å². The first-order valence-electron chi connectivity index (χ1n) is 9.33. The number of hydrogen-bond acceptors (Lipinski definition) is 2. The first-order valence-corrected chi connectivity index (χ1v) is 9.33. The lowest BCUT2D eigenvalue weighted by atomic mass is 9.95. The van der Waals surface area contributed by atoms with Crippen molar-refractivity contribution < 1.29 is 4.74 Å². The Kier molecular flexibility index (Phi) is 5.55. The van der Waals surface area contributed by atoms with E-state index >= 15 is 0 Å². The molecule has 0 amide bonds. The maximum Gasteiger partial charge on any atom is 0.194 e. The van der Waals surface area contributed by atoms with Gasteiger partial charge in [-0.15, -0.1) is 0 Å². The van der Waals surface area contributed by atoms with E-state index in [4.69, 9.17) is 9.73 Å². The van der Waals surface area contributed by atoms with Gasteiger partial charge in [-0.25, -0.2) is 0 Å². The number of hydrogen-bond donors (Lipinski definition) is 1. The number of nitrogens with zero attached hydrogens (tertiary/aromatic N) is 3. The van der Waals surface area contributed by atoms with Crippen molar-refractivity contribution in [3.05, 3.63) is 53.9 Å². The molecular formula is C21H30N4O. The first kappa shape index (κ1) is 18.4. The highest BCUT2D eigenvalue weighted by Gasteiger charge is 2.46. The molecule has 1 N–H and O–H groups in total. The van der Waals surface area contributed by atoms with Crippen LogP contribution in [-0.2, 0) is 19.0 Å². The minimum atomic E-state index is 0.124. The van der Waals surface area contributed by atoms with Crippen LogP contribution < -0.4 is 10.1 Å². The summed E-state index contributed by atoms with van der Waals surface area (Å²) in [5.74, 6) is 1.93. The van der Waals surface area contributed by atoms with Gasteiger partial charge in [-0.05, 0) is 38.0 Å². The van der Waals surface area contributed by atoms with Crippen molar-refractivity contribution in [2.75, 3.05) is 27.2 Å². The van der Waals surface area contributed by atoms with E-state index in [1.54, 1.807) is 7.11 Å². The molecule has 0 bridgehead atoms. The Hall–Kier alpha value is -2.43. The Morgan fingerprint density at radius 2 is 2.04 bits per heavy atom. The fourth-order valence-corrected chi connectivity index (χ4v) is 3.42. The molecule has 0 atom stereocenters. The predicted molar refractivity (Wildman–Crippen MR) is 107 cm³/mol. The maximum atomic E-state index is 5.58. The topological polar surface area (TPSA) is 41.8 Å². The number of ether oxygens (including phenoxy) is 1.